The standard InChI is InChI=1S/C26H24N4O/c31-26(28-14-16-30-15-12-19-7-1-2-8-20(19)18-30)22-17-25(24-11-5-6-13-27-24)29-23-10-4-3-9-21(22)23/h1-11,13,17H,12,14-16,18H2,(H,28,31). The summed E-state index contributed by atoms with van der Waals surface area (Å²) in [4.78, 5) is 24.6. The number of fused-ring (bicyclic) bond motifs is 2. The summed E-state index contributed by atoms with van der Waals surface area (Å²) in [6.07, 6.45) is 2.80. The minimum absolute atomic E-state index is 0.0757. The lowest BCUT2D eigenvalue weighted by atomic mass is 10.00. The quantitative estimate of drug-likeness (QED) is 0.541. The third-order valence-corrected chi connectivity index (χ3v) is 5.81. The molecule has 154 valence electrons. The summed E-state index contributed by atoms with van der Waals surface area (Å²) in [5, 5.41) is 3.97. The molecule has 0 aliphatic carbocycles. The van der Waals surface area contributed by atoms with E-state index in [1.165, 1.54) is 11.1 Å². The van der Waals surface area contributed by atoms with Crippen LogP contribution in [0.25, 0.3) is 22.3 Å². The van der Waals surface area contributed by atoms with Gasteiger partial charge in [-0.05, 0) is 41.8 Å². The van der Waals surface area contributed by atoms with Crippen LogP contribution in [-0.2, 0) is 13.0 Å². The molecule has 0 atom stereocenters. The highest BCUT2D eigenvalue weighted by molar-refractivity contribution is 6.07. The normalized spacial score (nSPS) is 13.7. The van der Waals surface area contributed by atoms with Crippen molar-refractivity contribution in [2.45, 2.75) is 13.0 Å². The Labute approximate surface area is 181 Å². The predicted molar refractivity (Wildman–Crippen MR) is 123 cm³/mol. The number of benzene rings is 2. The Morgan fingerprint density at radius 1 is 0.935 bits per heavy atom. The lowest BCUT2D eigenvalue weighted by molar-refractivity contribution is 0.0949. The number of pyridine rings is 2. The number of carbonyl (C=O) groups is 1. The molecular weight excluding hydrogens is 384 g/mol. The third-order valence-electron chi connectivity index (χ3n) is 5.81. The molecule has 5 heteroatoms. The molecule has 0 radical (unpaired) electrons. The lowest BCUT2D eigenvalue weighted by Crippen LogP contribution is -2.37. The Bertz CT molecular complexity index is 1220. The van der Waals surface area contributed by atoms with Crippen molar-refractivity contribution in [3.8, 4) is 11.4 Å². The van der Waals surface area contributed by atoms with Crippen LogP contribution in [-0.4, -0.2) is 40.4 Å². The lowest BCUT2D eigenvalue weighted by Gasteiger charge is -2.28. The summed E-state index contributed by atoms with van der Waals surface area (Å²) in [5.74, 6) is -0.0757. The van der Waals surface area contributed by atoms with Gasteiger partial charge in [-0.2, -0.15) is 0 Å². The van der Waals surface area contributed by atoms with Gasteiger partial charge in [0, 0.05) is 37.8 Å². The van der Waals surface area contributed by atoms with Crippen LogP contribution in [0.4, 0.5) is 0 Å². The molecule has 5 nitrogen and oxygen atoms in total. The Morgan fingerprint density at radius 2 is 1.74 bits per heavy atom. The van der Waals surface area contributed by atoms with Gasteiger partial charge in [0.25, 0.3) is 5.91 Å². The summed E-state index contributed by atoms with van der Waals surface area (Å²) in [7, 11) is 0. The maximum atomic E-state index is 13.1. The minimum Gasteiger partial charge on any atom is -0.351 e. The number of rotatable bonds is 5. The topological polar surface area (TPSA) is 58.1 Å². The molecule has 2 aromatic heterocycles. The average molecular weight is 409 g/mol. The minimum atomic E-state index is -0.0757. The van der Waals surface area contributed by atoms with Crippen LogP contribution in [0.5, 0.6) is 0 Å². The molecule has 1 aliphatic rings. The van der Waals surface area contributed by atoms with E-state index < -0.39 is 0 Å². The van der Waals surface area contributed by atoms with E-state index in [4.69, 9.17) is 4.98 Å². The second-order valence-corrected chi connectivity index (χ2v) is 7.84. The van der Waals surface area contributed by atoms with Crippen molar-refractivity contribution in [1.82, 2.24) is 20.2 Å². The van der Waals surface area contributed by atoms with Gasteiger partial charge in [-0.1, -0.05) is 48.5 Å². The average Bonchev–Trinajstić information content (AvgIpc) is 2.83. The fourth-order valence-corrected chi connectivity index (χ4v) is 4.18. The Hall–Kier alpha value is -3.57. The van der Waals surface area contributed by atoms with E-state index in [2.05, 4.69) is 39.5 Å². The van der Waals surface area contributed by atoms with E-state index >= 15 is 0 Å². The Morgan fingerprint density at radius 3 is 2.61 bits per heavy atom. The first-order valence-electron chi connectivity index (χ1n) is 10.7. The molecule has 1 N–H and O–H groups in total. The molecule has 0 saturated heterocycles. The van der Waals surface area contributed by atoms with Gasteiger partial charge in [0.05, 0.1) is 22.5 Å². The molecule has 2 aromatic carbocycles. The SMILES string of the molecule is O=C(NCCN1CCc2ccccc2C1)c1cc(-c2ccccn2)nc2ccccc12. The van der Waals surface area contributed by atoms with E-state index in [1.807, 2.05) is 48.5 Å². The van der Waals surface area contributed by atoms with Crippen molar-refractivity contribution in [3.05, 3.63) is 95.7 Å². The zero-order chi connectivity index (χ0) is 21.0. The maximum absolute atomic E-state index is 13.1. The number of carbonyl (C=O) groups excluding carboxylic acids is 1. The van der Waals surface area contributed by atoms with Crippen LogP contribution in [0.3, 0.4) is 0 Å². The number of amides is 1. The fraction of sp³-hybridized carbons (Fsp3) is 0.192. The van der Waals surface area contributed by atoms with Gasteiger partial charge < -0.3 is 5.32 Å². The summed E-state index contributed by atoms with van der Waals surface area (Å²) < 4.78 is 0. The molecule has 0 unspecified atom stereocenters. The van der Waals surface area contributed by atoms with Gasteiger partial charge in [-0.15, -0.1) is 0 Å². The molecule has 0 bridgehead atoms. The fourth-order valence-electron chi connectivity index (χ4n) is 4.18. The smallest absolute Gasteiger partial charge is 0.252 e. The monoisotopic (exact) mass is 408 g/mol. The van der Waals surface area contributed by atoms with Crippen molar-refractivity contribution >= 4 is 16.8 Å². The van der Waals surface area contributed by atoms with Crippen LogP contribution >= 0.6 is 0 Å². The number of nitrogens with one attached hydrogen (secondary N) is 1. The van der Waals surface area contributed by atoms with E-state index in [1.54, 1.807) is 6.20 Å². The largest absolute Gasteiger partial charge is 0.351 e. The van der Waals surface area contributed by atoms with Crippen LogP contribution in [0.2, 0.25) is 0 Å². The van der Waals surface area contributed by atoms with Crippen molar-refractivity contribution < 1.29 is 4.79 Å². The van der Waals surface area contributed by atoms with Gasteiger partial charge in [-0.25, -0.2) is 4.98 Å². The van der Waals surface area contributed by atoms with E-state index in [9.17, 15) is 4.79 Å². The molecule has 1 amide bonds. The van der Waals surface area contributed by atoms with Gasteiger partial charge in [-0.3, -0.25) is 14.7 Å². The van der Waals surface area contributed by atoms with E-state index in [-0.39, 0.29) is 5.91 Å². The number of aromatic nitrogens is 2. The summed E-state index contributed by atoms with van der Waals surface area (Å²) >= 11 is 0. The molecule has 31 heavy (non-hydrogen) atoms. The van der Waals surface area contributed by atoms with Crippen LogP contribution in [0, 0.1) is 0 Å². The zero-order valence-electron chi connectivity index (χ0n) is 17.3. The predicted octanol–water partition coefficient (Wildman–Crippen LogP) is 4.08. The molecule has 3 heterocycles. The molecule has 4 aromatic rings. The van der Waals surface area contributed by atoms with E-state index in [0.717, 1.165) is 42.7 Å². The number of hydrogen-bond donors (Lipinski definition) is 1. The first-order valence-corrected chi connectivity index (χ1v) is 10.7. The van der Waals surface area contributed by atoms with E-state index in [0.29, 0.717) is 17.8 Å². The van der Waals surface area contributed by atoms with Gasteiger partial charge in [0.1, 0.15) is 0 Å². The summed E-state index contributed by atoms with van der Waals surface area (Å²) in [5.41, 5.74) is 5.72. The molecule has 0 fully saturated rings. The van der Waals surface area contributed by atoms with Crippen LogP contribution < -0.4 is 5.32 Å². The number of hydrogen-bond acceptors (Lipinski definition) is 4. The van der Waals surface area contributed by atoms with Gasteiger partial charge in [0.15, 0.2) is 0 Å². The van der Waals surface area contributed by atoms with Crippen molar-refractivity contribution in [2.24, 2.45) is 0 Å². The van der Waals surface area contributed by atoms with Crippen LogP contribution in [0.1, 0.15) is 21.5 Å². The summed E-state index contributed by atoms with van der Waals surface area (Å²) in [6, 6.07) is 23.9. The molecule has 5 rings (SSSR count). The highest BCUT2D eigenvalue weighted by Crippen LogP contribution is 2.24. The Kier molecular flexibility index (Phi) is 5.42. The first-order chi connectivity index (χ1) is 15.3. The zero-order valence-corrected chi connectivity index (χ0v) is 17.3. The maximum Gasteiger partial charge on any atom is 0.252 e. The highest BCUT2D eigenvalue weighted by Gasteiger charge is 2.17. The van der Waals surface area contributed by atoms with Gasteiger partial charge >= 0.3 is 0 Å². The second-order valence-electron chi connectivity index (χ2n) is 7.84. The molecular formula is C26H24N4O. The third kappa shape index (κ3) is 4.18. The van der Waals surface area contributed by atoms with Crippen molar-refractivity contribution in [3.63, 3.8) is 0 Å². The molecule has 1 aliphatic heterocycles. The van der Waals surface area contributed by atoms with Crippen LogP contribution in [0.15, 0.2) is 79.0 Å². The highest BCUT2D eigenvalue weighted by atomic mass is 16.1. The van der Waals surface area contributed by atoms with Crippen molar-refractivity contribution in [1.29, 1.82) is 0 Å². The molecule has 0 saturated carbocycles. The number of nitrogens with zero attached hydrogens (tertiary/aromatic N) is 3. The Balaban J connectivity index is 1.32. The van der Waals surface area contributed by atoms with Gasteiger partial charge in [0.2, 0.25) is 0 Å². The first kappa shape index (κ1) is 19.4. The molecule has 0 spiro atoms. The number of para-hydroxylation sites is 1. The second kappa shape index (κ2) is 8.66. The van der Waals surface area contributed by atoms with Crippen molar-refractivity contribution in [2.75, 3.05) is 19.6 Å². The summed E-state index contributed by atoms with van der Waals surface area (Å²) in [6.45, 7) is 3.40.